The van der Waals surface area contributed by atoms with Crippen molar-refractivity contribution in [2.24, 2.45) is 4.99 Å². The molecule has 20 heavy (non-hydrogen) atoms. The largest absolute Gasteiger partial charge is 0.354 e. The van der Waals surface area contributed by atoms with Crippen molar-refractivity contribution in [2.75, 3.05) is 0 Å². The molecule has 3 rings (SSSR count). The molecule has 0 spiro atoms. The van der Waals surface area contributed by atoms with Crippen LogP contribution in [0.3, 0.4) is 0 Å². The molecule has 0 saturated carbocycles. The van der Waals surface area contributed by atoms with E-state index in [1.807, 2.05) is 30.3 Å². The van der Waals surface area contributed by atoms with Crippen LogP contribution < -0.4 is 5.32 Å². The van der Waals surface area contributed by atoms with Gasteiger partial charge in [0.1, 0.15) is 0 Å². The van der Waals surface area contributed by atoms with Crippen LogP contribution in [0.15, 0.2) is 64.1 Å². The van der Waals surface area contributed by atoms with Crippen LogP contribution in [0.1, 0.15) is 23.6 Å². The van der Waals surface area contributed by atoms with Crippen LogP contribution in [0, 0.1) is 0 Å². The monoisotopic (exact) mass is 344 g/mol. The Morgan fingerprint density at radius 2 is 1.75 bits per heavy atom. The predicted molar refractivity (Wildman–Crippen MR) is 90.2 cm³/mol. The van der Waals surface area contributed by atoms with Crippen molar-refractivity contribution < 1.29 is 0 Å². The smallest absolute Gasteiger partial charge is 0.193 e. The van der Waals surface area contributed by atoms with Gasteiger partial charge in [0.15, 0.2) is 5.11 Å². The lowest BCUT2D eigenvalue weighted by Gasteiger charge is -2.25. The molecule has 0 radical (unpaired) electrons. The van der Waals surface area contributed by atoms with Gasteiger partial charge in [0.25, 0.3) is 0 Å². The third kappa shape index (κ3) is 2.97. The van der Waals surface area contributed by atoms with E-state index in [4.69, 9.17) is 12.2 Å². The molecule has 1 aliphatic heterocycles. The fraction of sp³-hybridized carbons (Fsp3) is 0.125. The number of benzene rings is 2. The van der Waals surface area contributed by atoms with Crippen molar-refractivity contribution in [1.82, 2.24) is 5.32 Å². The average molecular weight is 345 g/mol. The summed E-state index contributed by atoms with van der Waals surface area (Å²) in [6, 6.07) is 18.7. The van der Waals surface area contributed by atoms with Crippen molar-refractivity contribution in [2.45, 2.75) is 12.5 Å². The number of nitrogens with zero attached hydrogens (tertiary/aromatic N) is 1. The van der Waals surface area contributed by atoms with Gasteiger partial charge in [-0.2, -0.15) is 0 Å². The maximum atomic E-state index is 5.28. The standard InChI is InChI=1S/C16H13BrN2S/c17-13-8-6-12(7-9-13)15-10-14(18-16(20)19-15)11-4-2-1-3-5-11/h1-9,15H,10H2,(H,19,20). The highest BCUT2D eigenvalue weighted by atomic mass is 79.9. The van der Waals surface area contributed by atoms with Gasteiger partial charge in [0, 0.05) is 10.9 Å². The van der Waals surface area contributed by atoms with E-state index in [9.17, 15) is 0 Å². The Morgan fingerprint density at radius 3 is 2.45 bits per heavy atom. The topological polar surface area (TPSA) is 24.4 Å². The molecule has 4 heteroatoms. The van der Waals surface area contributed by atoms with Crippen LogP contribution in [-0.2, 0) is 0 Å². The number of halogens is 1. The molecule has 2 aromatic rings. The Kier molecular flexibility index (Phi) is 3.94. The second kappa shape index (κ2) is 5.85. The number of hydrogen-bond acceptors (Lipinski definition) is 1. The first-order chi connectivity index (χ1) is 9.72. The number of hydrogen-bond donors (Lipinski definition) is 1. The maximum Gasteiger partial charge on any atom is 0.193 e. The predicted octanol–water partition coefficient (Wildman–Crippen LogP) is 4.26. The first-order valence-corrected chi connectivity index (χ1v) is 7.61. The second-order valence-corrected chi connectivity index (χ2v) is 5.98. The molecule has 0 aromatic heterocycles. The zero-order valence-corrected chi connectivity index (χ0v) is 13.1. The lowest BCUT2D eigenvalue weighted by molar-refractivity contribution is 0.664. The molecular weight excluding hydrogens is 332 g/mol. The number of thiocarbonyl (C=S) groups is 1. The Morgan fingerprint density at radius 1 is 1.05 bits per heavy atom. The van der Waals surface area contributed by atoms with Gasteiger partial charge in [-0.25, -0.2) is 4.99 Å². The van der Waals surface area contributed by atoms with E-state index in [-0.39, 0.29) is 6.04 Å². The molecule has 0 amide bonds. The lowest BCUT2D eigenvalue weighted by atomic mass is 9.96. The first kappa shape index (κ1) is 13.5. The molecule has 1 aliphatic rings. The average Bonchev–Trinajstić information content (AvgIpc) is 2.48. The quantitative estimate of drug-likeness (QED) is 0.823. The summed E-state index contributed by atoms with van der Waals surface area (Å²) in [5.74, 6) is 0. The molecular formula is C16H13BrN2S. The zero-order valence-electron chi connectivity index (χ0n) is 10.7. The number of nitrogens with one attached hydrogen (secondary N) is 1. The maximum absolute atomic E-state index is 5.28. The fourth-order valence-electron chi connectivity index (χ4n) is 2.30. The second-order valence-electron chi connectivity index (χ2n) is 4.68. The van der Waals surface area contributed by atoms with Gasteiger partial charge in [0.05, 0.1) is 11.8 Å². The summed E-state index contributed by atoms with van der Waals surface area (Å²) in [6.07, 6.45) is 0.839. The zero-order chi connectivity index (χ0) is 13.9. The Balaban J connectivity index is 1.89. The number of rotatable bonds is 2. The summed E-state index contributed by atoms with van der Waals surface area (Å²) in [6.45, 7) is 0. The molecule has 100 valence electrons. The van der Waals surface area contributed by atoms with E-state index < -0.39 is 0 Å². The van der Waals surface area contributed by atoms with Gasteiger partial charge in [-0.1, -0.05) is 58.4 Å². The highest BCUT2D eigenvalue weighted by molar-refractivity contribution is 9.10. The van der Waals surface area contributed by atoms with Crippen molar-refractivity contribution in [3.8, 4) is 0 Å². The minimum absolute atomic E-state index is 0.184. The molecule has 0 bridgehead atoms. The molecule has 2 aromatic carbocycles. The van der Waals surface area contributed by atoms with Crippen molar-refractivity contribution in [3.05, 3.63) is 70.2 Å². The van der Waals surface area contributed by atoms with Gasteiger partial charge >= 0.3 is 0 Å². The Labute approximate surface area is 132 Å². The highest BCUT2D eigenvalue weighted by Crippen LogP contribution is 2.24. The van der Waals surface area contributed by atoms with Gasteiger partial charge in [-0.3, -0.25) is 0 Å². The summed E-state index contributed by atoms with van der Waals surface area (Å²) < 4.78 is 1.08. The highest BCUT2D eigenvalue weighted by Gasteiger charge is 2.21. The van der Waals surface area contributed by atoms with Gasteiger partial charge in [-0.15, -0.1) is 0 Å². The minimum Gasteiger partial charge on any atom is -0.354 e. The van der Waals surface area contributed by atoms with Crippen molar-refractivity contribution >= 4 is 39.0 Å². The molecule has 0 saturated heterocycles. The van der Waals surface area contributed by atoms with Crippen LogP contribution >= 0.6 is 28.1 Å². The van der Waals surface area contributed by atoms with Crippen LogP contribution in [0.5, 0.6) is 0 Å². The molecule has 1 N–H and O–H groups in total. The van der Waals surface area contributed by atoms with Gasteiger partial charge < -0.3 is 5.32 Å². The van der Waals surface area contributed by atoms with E-state index in [0.29, 0.717) is 5.11 Å². The third-order valence-electron chi connectivity index (χ3n) is 3.31. The van der Waals surface area contributed by atoms with E-state index in [1.165, 1.54) is 5.56 Å². The molecule has 1 atom stereocenters. The fourth-order valence-corrected chi connectivity index (χ4v) is 2.82. The van der Waals surface area contributed by atoms with E-state index in [2.05, 4.69) is 50.5 Å². The van der Waals surface area contributed by atoms with E-state index in [0.717, 1.165) is 22.2 Å². The van der Waals surface area contributed by atoms with Crippen LogP contribution in [-0.4, -0.2) is 10.8 Å². The summed E-state index contributed by atoms with van der Waals surface area (Å²) in [7, 11) is 0. The normalized spacial score (nSPS) is 18.4. The van der Waals surface area contributed by atoms with Crippen molar-refractivity contribution in [1.29, 1.82) is 0 Å². The van der Waals surface area contributed by atoms with Crippen LogP contribution in [0.25, 0.3) is 0 Å². The molecule has 1 heterocycles. The SMILES string of the molecule is S=C1N=C(c2ccccc2)CC(c2ccc(Br)cc2)N1. The third-order valence-corrected chi connectivity index (χ3v) is 4.05. The van der Waals surface area contributed by atoms with E-state index >= 15 is 0 Å². The molecule has 0 aliphatic carbocycles. The minimum atomic E-state index is 0.184. The van der Waals surface area contributed by atoms with Crippen molar-refractivity contribution in [3.63, 3.8) is 0 Å². The van der Waals surface area contributed by atoms with Crippen LogP contribution in [0.4, 0.5) is 0 Å². The molecule has 1 unspecified atom stereocenters. The summed E-state index contributed by atoms with van der Waals surface area (Å²) in [5.41, 5.74) is 3.40. The van der Waals surface area contributed by atoms with Gasteiger partial charge in [0.2, 0.25) is 0 Å². The lowest BCUT2D eigenvalue weighted by Crippen LogP contribution is -2.33. The van der Waals surface area contributed by atoms with Crippen LogP contribution in [0.2, 0.25) is 0 Å². The molecule has 2 nitrogen and oxygen atoms in total. The first-order valence-electron chi connectivity index (χ1n) is 6.41. The van der Waals surface area contributed by atoms with E-state index in [1.54, 1.807) is 0 Å². The molecule has 0 fully saturated rings. The summed E-state index contributed by atoms with van der Waals surface area (Å²) in [4.78, 5) is 4.47. The summed E-state index contributed by atoms with van der Waals surface area (Å²) >= 11 is 8.74. The number of aliphatic imine (C=N–C) groups is 1. The summed E-state index contributed by atoms with van der Waals surface area (Å²) in [5, 5.41) is 3.84. The van der Waals surface area contributed by atoms with Gasteiger partial charge in [-0.05, 0) is 35.5 Å². The Bertz CT molecular complexity index is 650. The Hall–Kier alpha value is -1.52.